The molecular weight excluding hydrogens is 429 g/mol. The van der Waals surface area contributed by atoms with E-state index < -0.39 is 44.6 Å². The summed E-state index contributed by atoms with van der Waals surface area (Å²) in [5.41, 5.74) is -0.810. The SMILES string of the molecule is CCOC(=O)CNc1cc(Oc2ccc(Cl)cc2F)cc(C(=O)O)c1S(C)(=O)=O. The number of carboxylic acids is 1. The molecule has 156 valence electrons. The maximum Gasteiger partial charge on any atom is 0.337 e. The van der Waals surface area contributed by atoms with E-state index >= 15 is 0 Å². The van der Waals surface area contributed by atoms with Gasteiger partial charge in [0.15, 0.2) is 21.4 Å². The molecule has 0 atom stereocenters. The second-order valence-electron chi connectivity index (χ2n) is 5.76. The van der Waals surface area contributed by atoms with Crippen molar-refractivity contribution in [1.29, 1.82) is 0 Å². The maximum atomic E-state index is 14.0. The Hall–Kier alpha value is -2.85. The number of halogens is 2. The standard InChI is InChI=1S/C18H17ClFNO7S/c1-3-27-16(22)9-21-14-8-11(28-15-5-4-10(19)6-13(15)20)7-12(18(23)24)17(14)29(2,25)26/h4-8,21H,3,9H2,1-2H3,(H,23,24). The monoisotopic (exact) mass is 445 g/mol. The minimum atomic E-state index is -4.02. The predicted octanol–water partition coefficient (Wildman–Crippen LogP) is 3.35. The van der Waals surface area contributed by atoms with E-state index in [2.05, 4.69) is 5.32 Å². The second kappa shape index (κ2) is 9.10. The number of carbonyl (C=O) groups excluding carboxylic acids is 1. The van der Waals surface area contributed by atoms with Gasteiger partial charge in [0.1, 0.15) is 17.2 Å². The summed E-state index contributed by atoms with van der Waals surface area (Å²) in [6.45, 7) is 1.28. The number of rotatable bonds is 8. The molecular formula is C18H17ClFNO7S. The van der Waals surface area contributed by atoms with Gasteiger partial charge in [-0.25, -0.2) is 17.6 Å². The van der Waals surface area contributed by atoms with E-state index in [9.17, 15) is 27.5 Å². The Labute approximate surface area is 171 Å². The summed E-state index contributed by atoms with van der Waals surface area (Å²) in [4.78, 5) is 22.7. The molecule has 0 saturated heterocycles. The van der Waals surface area contributed by atoms with Crippen molar-refractivity contribution in [3.63, 3.8) is 0 Å². The van der Waals surface area contributed by atoms with E-state index in [1.54, 1.807) is 6.92 Å². The van der Waals surface area contributed by atoms with Gasteiger partial charge in [-0.05, 0) is 31.2 Å². The van der Waals surface area contributed by atoms with E-state index in [0.717, 1.165) is 24.5 Å². The number of nitrogens with one attached hydrogen (secondary N) is 1. The average Bonchev–Trinajstić information content (AvgIpc) is 2.61. The number of hydrogen-bond acceptors (Lipinski definition) is 7. The van der Waals surface area contributed by atoms with Crippen LogP contribution in [0.3, 0.4) is 0 Å². The molecule has 2 aromatic rings. The third kappa shape index (κ3) is 5.81. The molecule has 0 fully saturated rings. The molecule has 8 nitrogen and oxygen atoms in total. The zero-order valence-electron chi connectivity index (χ0n) is 15.4. The lowest BCUT2D eigenvalue weighted by Crippen LogP contribution is -2.19. The molecule has 2 N–H and O–H groups in total. The van der Waals surface area contributed by atoms with E-state index in [-0.39, 0.29) is 28.8 Å². The van der Waals surface area contributed by atoms with Crippen LogP contribution in [0.2, 0.25) is 5.02 Å². The number of ether oxygens (including phenoxy) is 2. The van der Waals surface area contributed by atoms with E-state index in [0.29, 0.717) is 0 Å². The van der Waals surface area contributed by atoms with Gasteiger partial charge in [-0.2, -0.15) is 0 Å². The number of benzene rings is 2. The summed E-state index contributed by atoms with van der Waals surface area (Å²) in [5.74, 6) is -3.45. The van der Waals surface area contributed by atoms with Gasteiger partial charge in [-0.1, -0.05) is 11.6 Å². The van der Waals surface area contributed by atoms with Crippen LogP contribution in [0.4, 0.5) is 10.1 Å². The van der Waals surface area contributed by atoms with E-state index in [4.69, 9.17) is 21.1 Å². The molecule has 0 aliphatic rings. The molecule has 0 unspecified atom stereocenters. The zero-order valence-corrected chi connectivity index (χ0v) is 16.9. The first-order valence-electron chi connectivity index (χ1n) is 8.16. The predicted molar refractivity (Wildman–Crippen MR) is 103 cm³/mol. The molecule has 0 aliphatic heterocycles. The van der Waals surface area contributed by atoms with Crippen LogP contribution in [0.1, 0.15) is 17.3 Å². The average molecular weight is 446 g/mol. The highest BCUT2D eigenvalue weighted by atomic mass is 35.5. The smallest absolute Gasteiger partial charge is 0.337 e. The van der Waals surface area contributed by atoms with Gasteiger partial charge >= 0.3 is 11.9 Å². The van der Waals surface area contributed by atoms with Gasteiger partial charge in [0.2, 0.25) is 0 Å². The zero-order chi connectivity index (χ0) is 21.8. The summed E-state index contributed by atoms with van der Waals surface area (Å²) in [6, 6.07) is 5.69. The molecule has 2 aromatic carbocycles. The molecule has 0 saturated carbocycles. The van der Waals surface area contributed by atoms with Crippen molar-refractivity contribution in [2.24, 2.45) is 0 Å². The second-order valence-corrected chi connectivity index (χ2v) is 8.15. The number of hydrogen-bond donors (Lipinski definition) is 2. The first-order valence-corrected chi connectivity index (χ1v) is 10.4. The number of sulfone groups is 1. The van der Waals surface area contributed by atoms with Gasteiger partial charge < -0.3 is 19.9 Å². The molecule has 0 aromatic heterocycles. The van der Waals surface area contributed by atoms with Crippen LogP contribution in [-0.4, -0.2) is 44.9 Å². The summed E-state index contributed by atoms with van der Waals surface area (Å²) < 4.78 is 48.5. The minimum absolute atomic E-state index is 0.110. The Kier molecular flexibility index (Phi) is 7.04. The third-order valence-corrected chi connectivity index (χ3v) is 4.93. The lowest BCUT2D eigenvalue weighted by atomic mass is 10.1. The first kappa shape index (κ1) is 22.4. The number of anilines is 1. The maximum absolute atomic E-state index is 14.0. The minimum Gasteiger partial charge on any atom is -0.478 e. The largest absolute Gasteiger partial charge is 0.478 e. The van der Waals surface area contributed by atoms with Gasteiger partial charge in [-0.3, -0.25) is 4.79 Å². The Morgan fingerprint density at radius 2 is 1.93 bits per heavy atom. The molecule has 0 spiro atoms. The molecule has 0 aliphatic carbocycles. The highest BCUT2D eigenvalue weighted by molar-refractivity contribution is 7.91. The van der Waals surface area contributed by atoms with Gasteiger partial charge in [-0.15, -0.1) is 0 Å². The molecule has 0 bridgehead atoms. The van der Waals surface area contributed by atoms with Crippen LogP contribution in [0, 0.1) is 5.82 Å². The summed E-state index contributed by atoms with van der Waals surface area (Å²) in [5, 5.41) is 12.1. The van der Waals surface area contributed by atoms with Crippen LogP contribution < -0.4 is 10.1 Å². The fraction of sp³-hybridized carbons (Fsp3) is 0.222. The molecule has 11 heteroatoms. The Morgan fingerprint density at radius 3 is 2.48 bits per heavy atom. The lowest BCUT2D eigenvalue weighted by molar-refractivity contribution is -0.140. The summed E-state index contributed by atoms with van der Waals surface area (Å²) in [7, 11) is -4.02. The highest BCUT2D eigenvalue weighted by Crippen LogP contribution is 2.34. The third-order valence-electron chi connectivity index (χ3n) is 3.51. The molecule has 0 amide bonds. The topological polar surface area (TPSA) is 119 Å². The van der Waals surface area contributed by atoms with Crippen LogP contribution >= 0.6 is 11.6 Å². The lowest BCUT2D eigenvalue weighted by Gasteiger charge is -2.16. The van der Waals surface area contributed by atoms with Gasteiger partial charge in [0, 0.05) is 17.3 Å². The Bertz CT molecular complexity index is 1060. The van der Waals surface area contributed by atoms with Crippen molar-refractivity contribution in [2.75, 3.05) is 24.7 Å². The first-order chi connectivity index (χ1) is 13.5. The molecule has 29 heavy (non-hydrogen) atoms. The summed E-state index contributed by atoms with van der Waals surface area (Å²) in [6.07, 6.45) is 0.823. The van der Waals surface area contributed by atoms with Crippen LogP contribution in [0.25, 0.3) is 0 Å². The van der Waals surface area contributed by atoms with Crippen molar-refractivity contribution in [3.05, 3.63) is 46.7 Å². The number of carboxylic acid groups (broad SMARTS) is 1. The molecule has 0 radical (unpaired) electrons. The van der Waals surface area contributed by atoms with Crippen molar-refractivity contribution in [2.45, 2.75) is 11.8 Å². The van der Waals surface area contributed by atoms with Crippen LogP contribution in [-0.2, 0) is 19.4 Å². The van der Waals surface area contributed by atoms with Crippen LogP contribution in [0.5, 0.6) is 11.5 Å². The number of esters is 1. The van der Waals surface area contributed by atoms with Crippen molar-refractivity contribution >= 4 is 39.1 Å². The highest BCUT2D eigenvalue weighted by Gasteiger charge is 2.25. The Morgan fingerprint density at radius 1 is 1.24 bits per heavy atom. The van der Waals surface area contributed by atoms with E-state index in [1.807, 2.05) is 0 Å². The quantitative estimate of drug-likeness (QED) is 0.594. The fourth-order valence-electron chi connectivity index (χ4n) is 2.42. The van der Waals surface area contributed by atoms with Crippen molar-refractivity contribution in [1.82, 2.24) is 0 Å². The van der Waals surface area contributed by atoms with Gasteiger partial charge in [0.25, 0.3) is 0 Å². The fourth-order valence-corrected chi connectivity index (χ4v) is 3.65. The molecule has 2 rings (SSSR count). The number of aromatic carboxylic acids is 1. The summed E-state index contributed by atoms with van der Waals surface area (Å²) >= 11 is 5.69. The van der Waals surface area contributed by atoms with Gasteiger partial charge in [0.05, 0.1) is 17.9 Å². The molecule has 0 heterocycles. The van der Waals surface area contributed by atoms with Crippen molar-refractivity contribution < 1.29 is 37.0 Å². The Balaban J connectivity index is 2.55. The normalized spacial score (nSPS) is 11.0. The van der Waals surface area contributed by atoms with E-state index in [1.165, 1.54) is 12.1 Å². The number of carbonyl (C=O) groups is 2. The van der Waals surface area contributed by atoms with Crippen molar-refractivity contribution in [3.8, 4) is 11.5 Å². The van der Waals surface area contributed by atoms with Crippen LogP contribution in [0.15, 0.2) is 35.2 Å².